The van der Waals surface area contributed by atoms with Crippen LogP contribution in [0.3, 0.4) is 0 Å². The summed E-state index contributed by atoms with van der Waals surface area (Å²) >= 11 is 0. The predicted octanol–water partition coefficient (Wildman–Crippen LogP) is 1.87. The number of hydrogen-bond donors (Lipinski definition) is 1. The molecule has 0 saturated carbocycles. The third-order valence-corrected chi connectivity index (χ3v) is 3.07. The van der Waals surface area contributed by atoms with Crippen LogP contribution in [0.1, 0.15) is 40.0 Å². The van der Waals surface area contributed by atoms with Crippen molar-refractivity contribution in [2.45, 2.75) is 58.3 Å². The van der Waals surface area contributed by atoms with Crippen LogP contribution >= 0.6 is 0 Å². The van der Waals surface area contributed by atoms with Crippen molar-refractivity contribution < 1.29 is 4.74 Å². The summed E-state index contributed by atoms with van der Waals surface area (Å²) in [6, 6.07) is 0.561. The topological polar surface area (TPSA) is 24.5 Å². The van der Waals surface area contributed by atoms with Gasteiger partial charge in [0.2, 0.25) is 0 Å². The van der Waals surface area contributed by atoms with Gasteiger partial charge in [0.25, 0.3) is 0 Å². The molecule has 2 unspecified atom stereocenters. The van der Waals surface area contributed by atoms with Gasteiger partial charge in [-0.15, -0.1) is 0 Å². The van der Waals surface area contributed by atoms with Crippen molar-refractivity contribution in [3.05, 3.63) is 0 Å². The number of hydrogen-bond acceptors (Lipinski definition) is 3. The first-order valence-electron chi connectivity index (χ1n) is 6.69. The molecule has 1 heterocycles. The second-order valence-electron chi connectivity index (χ2n) is 5.28. The Morgan fingerprint density at radius 2 is 2.00 bits per heavy atom. The van der Waals surface area contributed by atoms with Crippen molar-refractivity contribution in [2.75, 3.05) is 26.7 Å². The lowest BCUT2D eigenvalue weighted by atomic mass is 10.2. The van der Waals surface area contributed by atoms with Crippen LogP contribution < -0.4 is 5.32 Å². The number of ether oxygens (including phenoxy) is 1. The number of likely N-dealkylation sites (N-methyl/N-ethyl adjacent to an activating group) is 1. The van der Waals surface area contributed by atoms with Gasteiger partial charge in [0, 0.05) is 19.1 Å². The Morgan fingerprint density at radius 3 is 2.62 bits per heavy atom. The van der Waals surface area contributed by atoms with Crippen molar-refractivity contribution in [3.63, 3.8) is 0 Å². The molecule has 1 aliphatic heterocycles. The minimum absolute atomic E-state index is 0.433. The summed E-state index contributed by atoms with van der Waals surface area (Å²) in [7, 11) is 2.19. The fraction of sp³-hybridized carbons (Fsp3) is 1.00. The summed E-state index contributed by atoms with van der Waals surface area (Å²) in [6.07, 6.45) is 4.54. The van der Waals surface area contributed by atoms with E-state index in [2.05, 4.69) is 38.0 Å². The van der Waals surface area contributed by atoms with Gasteiger partial charge in [0.1, 0.15) is 0 Å². The summed E-state index contributed by atoms with van der Waals surface area (Å²) in [5.41, 5.74) is 0. The molecule has 0 aromatic rings. The molecule has 1 rings (SSSR count). The summed E-state index contributed by atoms with van der Waals surface area (Å²) < 4.78 is 6.02. The molecule has 0 bridgehead atoms. The second kappa shape index (κ2) is 7.25. The van der Waals surface area contributed by atoms with Crippen LogP contribution in [0.15, 0.2) is 0 Å². The predicted molar refractivity (Wildman–Crippen MR) is 68.8 cm³/mol. The Kier molecular flexibility index (Phi) is 6.32. The molecule has 0 aromatic heterocycles. The van der Waals surface area contributed by atoms with E-state index in [0.29, 0.717) is 18.2 Å². The Morgan fingerprint density at radius 1 is 1.31 bits per heavy atom. The fourth-order valence-electron chi connectivity index (χ4n) is 2.25. The van der Waals surface area contributed by atoms with E-state index in [1.54, 1.807) is 0 Å². The summed E-state index contributed by atoms with van der Waals surface area (Å²) in [6.45, 7) is 9.86. The van der Waals surface area contributed by atoms with Crippen LogP contribution in [-0.4, -0.2) is 49.8 Å². The van der Waals surface area contributed by atoms with Gasteiger partial charge in [0.15, 0.2) is 0 Å². The zero-order chi connectivity index (χ0) is 12.0. The molecule has 0 aromatic carbocycles. The van der Waals surface area contributed by atoms with Gasteiger partial charge in [-0.1, -0.05) is 20.8 Å². The number of nitrogens with zero attached hydrogens (tertiary/aromatic N) is 1. The molecular weight excluding hydrogens is 200 g/mol. The maximum atomic E-state index is 6.02. The van der Waals surface area contributed by atoms with E-state index >= 15 is 0 Å². The van der Waals surface area contributed by atoms with E-state index in [4.69, 9.17) is 4.74 Å². The second-order valence-corrected chi connectivity index (χ2v) is 5.28. The highest BCUT2D eigenvalue weighted by molar-refractivity contribution is 4.77. The third kappa shape index (κ3) is 5.28. The highest BCUT2D eigenvalue weighted by Gasteiger charge is 2.25. The third-order valence-electron chi connectivity index (χ3n) is 3.07. The van der Waals surface area contributed by atoms with Crippen LogP contribution in [0.4, 0.5) is 0 Å². The first-order valence-corrected chi connectivity index (χ1v) is 6.69. The van der Waals surface area contributed by atoms with Crippen molar-refractivity contribution in [2.24, 2.45) is 0 Å². The molecule has 3 nitrogen and oxygen atoms in total. The molecule has 1 saturated heterocycles. The molecule has 1 aliphatic rings. The maximum Gasteiger partial charge on any atom is 0.0707 e. The molecule has 1 fully saturated rings. The molecule has 16 heavy (non-hydrogen) atoms. The van der Waals surface area contributed by atoms with E-state index in [9.17, 15) is 0 Å². The molecular formula is C13H28N2O. The van der Waals surface area contributed by atoms with Gasteiger partial charge in [-0.2, -0.15) is 0 Å². The standard InChI is InChI=1S/C13H28N2O/c1-5-8-15(4)10-13-7-6-12(16-13)9-14-11(2)3/h11-14H,5-10H2,1-4H3. The van der Waals surface area contributed by atoms with Crippen LogP contribution in [0.25, 0.3) is 0 Å². The van der Waals surface area contributed by atoms with Gasteiger partial charge in [-0.25, -0.2) is 0 Å². The van der Waals surface area contributed by atoms with E-state index in [1.807, 2.05) is 0 Å². The minimum atomic E-state index is 0.433. The fourth-order valence-corrected chi connectivity index (χ4v) is 2.25. The maximum absolute atomic E-state index is 6.02. The van der Waals surface area contributed by atoms with Crippen molar-refractivity contribution >= 4 is 0 Å². The Bertz CT molecular complexity index is 185. The van der Waals surface area contributed by atoms with Crippen molar-refractivity contribution in [1.29, 1.82) is 0 Å². The largest absolute Gasteiger partial charge is 0.372 e. The molecule has 2 atom stereocenters. The zero-order valence-electron chi connectivity index (χ0n) is 11.3. The SMILES string of the molecule is CCCN(C)CC1CCC(CNC(C)C)O1. The Balaban J connectivity index is 2.14. The molecule has 96 valence electrons. The Labute approximate surface area is 101 Å². The van der Waals surface area contributed by atoms with Crippen LogP contribution in [0, 0.1) is 0 Å². The molecule has 0 radical (unpaired) electrons. The van der Waals surface area contributed by atoms with E-state index in [-0.39, 0.29) is 0 Å². The lowest BCUT2D eigenvalue weighted by molar-refractivity contribution is 0.0271. The monoisotopic (exact) mass is 228 g/mol. The quantitative estimate of drug-likeness (QED) is 0.720. The lowest BCUT2D eigenvalue weighted by Crippen LogP contribution is -2.34. The number of rotatable bonds is 7. The molecule has 3 heteroatoms. The van der Waals surface area contributed by atoms with Crippen LogP contribution in [-0.2, 0) is 4.74 Å². The average molecular weight is 228 g/mol. The van der Waals surface area contributed by atoms with Crippen LogP contribution in [0.2, 0.25) is 0 Å². The number of nitrogens with one attached hydrogen (secondary N) is 1. The van der Waals surface area contributed by atoms with Gasteiger partial charge < -0.3 is 15.0 Å². The zero-order valence-corrected chi connectivity index (χ0v) is 11.3. The lowest BCUT2D eigenvalue weighted by Gasteiger charge is -2.21. The molecule has 0 amide bonds. The van der Waals surface area contributed by atoms with E-state index in [1.165, 1.54) is 25.8 Å². The highest BCUT2D eigenvalue weighted by atomic mass is 16.5. The van der Waals surface area contributed by atoms with Gasteiger partial charge in [0.05, 0.1) is 12.2 Å². The molecule has 0 aliphatic carbocycles. The van der Waals surface area contributed by atoms with Gasteiger partial charge in [-0.05, 0) is 32.9 Å². The molecule has 0 spiro atoms. The van der Waals surface area contributed by atoms with E-state index < -0.39 is 0 Å². The smallest absolute Gasteiger partial charge is 0.0707 e. The van der Waals surface area contributed by atoms with Crippen molar-refractivity contribution in [1.82, 2.24) is 10.2 Å². The average Bonchev–Trinajstić information content (AvgIpc) is 2.63. The van der Waals surface area contributed by atoms with E-state index in [0.717, 1.165) is 13.1 Å². The minimum Gasteiger partial charge on any atom is -0.372 e. The van der Waals surface area contributed by atoms with Gasteiger partial charge in [-0.3, -0.25) is 0 Å². The van der Waals surface area contributed by atoms with Crippen LogP contribution in [0.5, 0.6) is 0 Å². The highest BCUT2D eigenvalue weighted by Crippen LogP contribution is 2.19. The first kappa shape index (κ1) is 13.9. The first-order chi connectivity index (χ1) is 7.61. The normalized spacial score (nSPS) is 25.9. The molecule has 1 N–H and O–H groups in total. The summed E-state index contributed by atoms with van der Waals surface area (Å²) in [4.78, 5) is 2.38. The van der Waals surface area contributed by atoms with Crippen molar-refractivity contribution in [3.8, 4) is 0 Å². The summed E-state index contributed by atoms with van der Waals surface area (Å²) in [5, 5.41) is 3.45. The Hall–Kier alpha value is -0.120. The van der Waals surface area contributed by atoms with Gasteiger partial charge >= 0.3 is 0 Å². The summed E-state index contributed by atoms with van der Waals surface area (Å²) in [5.74, 6) is 0.